The summed E-state index contributed by atoms with van der Waals surface area (Å²) in [6, 6.07) is 3.92. The summed E-state index contributed by atoms with van der Waals surface area (Å²) in [4.78, 5) is 22.2. The molecule has 0 radical (unpaired) electrons. The first-order valence-corrected chi connectivity index (χ1v) is 8.68. The van der Waals surface area contributed by atoms with E-state index in [0.29, 0.717) is 30.7 Å². The van der Waals surface area contributed by atoms with Gasteiger partial charge in [0.2, 0.25) is 11.7 Å². The zero-order chi connectivity index (χ0) is 17.8. The van der Waals surface area contributed by atoms with Gasteiger partial charge in [0.15, 0.2) is 0 Å². The van der Waals surface area contributed by atoms with Gasteiger partial charge in [0.1, 0.15) is 0 Å². The summed E-state index contributed by atoms with van der Waals surface area (Å²) in [6.45, 7) is 5.62. The van der Waals surface area contributed by atoms with Crippen LogP contribution in [0.3, 0.4) is 0 Å². The van der Waals surface area contributed by atoms with E-state index in [9.17, 15) is 4.79 Å². The monoisotopic (exact) mass is 344 g/mol. The van der Waals surface area contributed by atoms with Gasteiger partial charge in [-0.25, -0.2) is 4.79 Å². The molecule has 2 aromatic heterocycles. The summed E-state index contributed by atoms with van der Waals surface area (Å²) in [5, 5.41) is 4.13. The number of piperidine rings is 1. The molecule has 0 bridgehead atoms. The number of nitrogens with zero attached hydrogens (tertiary/aromatic N) is 4. The molecule has 0 aliphatic carbocycles. The number of aromatic nitrogens is 3. The van der Waals surface area contributed by atoms with E-state index < -0.39 is 0 Å². The normalized spacial score (nSPS) is 15.6. The fourth-order valence-electron chi connectivity index (χ4n) is 3.10. The van der Waals surface area contributed by atoms with Crippen LogP contribution in [0.15, 0.2) is 22.9 Å². The molecule has 0 atom stereocenters. The van der Waals surface area contributed by atoms with Crippen molar-refractivity contribution < 1.29 is 14.1 Å². The second-order valence-corrected chi connectivity index (χ2v) is 6.82. The highest BCUT2D eigenvalue weighted by Crippen LogP contribution is 2.28. The van der Waals surface area contributed by atoms with Crippen LogP contribution in [0.25, 0.3) is 11.4 Å². The van der Waals surface area contributed by atoms with Crippen LogP contribution < -0.4 is 0 Å². The Labute approximate surface area is 147 Å². The van der Waals surface area contributed by atoms with Crippen LogP contribution in [0.2, 0.25) is 0 Å². The topological polar surface area (TPSA) is 81.4 Å². The van der Waals surface area contributed by atoms with E-state index in [1.807, 2.05) is 12.1 Å². The average Bonchev–Trinajstić information content (AvgIpc) is 3.11. The molecule has 134 valence electrons. The number of methoxy groups -OCH3 is 1. The number of rotatable bonds is 4. The highest BCUT2D eigenvalue weighted by Gasteiger charge is 2.28. The van der Waals surface area contributed by atoms with Crippen molar-refractivity contribution in [2.24, 2.45) is 5.92 Å². The molecule has 2 aromatic rings. The Hall–Kier alpha value is -2.44. The Balaban J connectivity index is 1.68. The first kappa shape index (κ1) is 17.4. The molecule has 0 saturated carbocycles. The van der Waals surface area contributed by atoms with Crippen molar-refractivity contribution in [3.05, 3.63) is 29.9 Å². The highest BCUT2D eigenvalue weighted by atomic mass is 16.5. The van der Waals surface area contributed by atoms with Gasteiger partial charge < -0.3 is 14.2 Å². The van der Waals surface area contributed by atoms with Gasteiger partial charge in [0, 0.05) is 36.5 Å². The van der Waals surface area contributed by atoms with Crippen LogP contribution in [0.1, 0.15) is 44.2 Å². The van der Waals surface area contributed by atoms with E-state index in [4.69, 9.17) is 9.26 Å². The number of hydrogen-bond acceptors (Lipinski definition) is 6. The van der Waals surface area contributed by atoms with Crippen LogP contribution in [0.4, 0.5) is 4.79 Å². The van der Waals surface area contributed by atoms with Crippen molar-refractivity contribution in [2.45, 2.75) is 39.0 Å². The van der Waals surface area contributed by atoms with Crippen LogP contribution in [0.5, 0.6) is 0 Å². The minimum Gasteiger partial charge on any atom is -0.453 e. The largest absolute Gasteiger partial charge is 0.453 e. The Morgan fingerprint density at radius 3 is 2.84 bits per heavy atom. The molecule has 7 nitrogen and oxygen atoms in total. The summed E-state index contributed by atoms with van der Waals surface area (Å²) in [5.74, 6) is 1.96. The summed E-state index contributed by atoms with van der Waals surface area (Å²) in [5.41, 5.74) is 1.96. The molecule has 1 aliphatic rings. The predicted octanol–water partition coefficient (Wildman–Crippen LogP) is 3.28. The Kier molecular flexibility index (Phi) is 5.31. The maximum absolute atomic E-state index is 11.6. The van der Waals surface area contributed by atoms with Crippen molar-refractivity contribution in [1.82, 2.24) is 20.0 Å². The first-order valence-electron chi connectivity index (χ1n) is 8.68. The van der Waals surface area contributed by atoms with Crippen LogP contribution in [-0.4, -0.2) is 46.3 Å². The number of carbonyl (C=O) groups is 1. The Morgan fingerprint density at radius 1 is 1.40 bits per heavy atom. The van der Waals surface area contributed by atoms with Gasteiger partial charge in [-0.05, 0) is 37.3 Å². The lowest BCUT2D eigenvalue weighted by atomic mass is 9.97. The van der Waals surface area contributed by atoms with Gasteiger partial charge in [-0.3, -0.25) is 4.98 Å². The molecule has 0 unspecified atom stereocenters. The fourth-order valence-corrected chi connectivity index (χ4v) is 3.10. The molecule has 25 heavy (non-hydrogen) atoms. The quantitative estimate of drug-likeness (QED) is 0.846. The van der Waals surface area contributed by atoms with Gasteiger partial charge in [-0.2, -0.15) is 4.98 Å². The maximum atomic E-state index is 11.6. The van der Waals surface area contributed by atoms with Gasteiger partial charge in [0.05, 0.1) is 7.11 Å². The van der Waals surface area contributed by atoms with E-state index >= 15 is 0 Å². The Bertz CT molecular complexity index is 721. The molecule has 1 fully saturated rings. The Morgan fingerprint density at radius 2 is 2.16 bits per heavy atom. The smallest absolute Gasteiger partial charge is 0.409 e. The van der Waals surface area contributed by atoms with Gasteiger partial charge in [-0.15, -0.1) is 0 Å². The van der Waals surface area contributed by atoms with Crippen molar-refractivity contribution in [2.75, 3.05) is 20.2 Å². The molecule has 3 heterocycles. The lowest BCUT2D eigenvalue weighted by Gasteiger charge is -2.28. The third-order valence-electron chi connectivity index (χ3n) is 4.41. The second kappa shape index (κ2) is 7.63. The number of pyridine rings is 1. The summed E-state index contributed by atoms with van der Waals surface area (Å²) >= 11 is 0. The van der Waals surface area contributed by atoms with Crippen LogP contribution >= 0.6 is 0 Å². The van der Waals surface area contributed by atoms with Crippen molar-refractivity contribution in [3.63, 3.8) is 0 Å². The van der Waals surface area contributed by atoms with E-state index in [1.165, 1.54) is 7.11 Å². The zero-order valence-electron chi connectivity index (χ0n) is 14.9. The average molecular weight is 344 g/mol. The van der Waals surface area contributed by atoms with Gasteiger partial charge >= 0.3 is 6.09 Å². The van der Waals surface area contributed by atoms with Crippen molar-refractivity contribution >= 4 is 6.09 Å². The standard InChI is InChI=1S/C18H24N4O3/c1-12(2)10-15-11-14(4-7-19-15)16-20-17(25-21-16)13-5-8-22(9-6-13)18(23)24-3/h4,7,11-13H,5-6,8-10H2,1-3H3. The van der Waals surface area contributed by atoms with Crippen LogP contribution in [0, 0.1) is 5.92 Å². The van der Waals surface area contributed by atoms with Crippen LogP contribution in [-0.2, 0) is 11.2 Å². The molecule has 7 heteroatoms. The third-order valence-corrected chi connectivity index (χ3v) is 4.41. The van der Waals surface area contributed by atoms with Gasteiger partial charge in [-0.1, -0.05) is 19.0 Å². The minimum absolute atomic E-state index is 0.180. The number of ether oxygens (including phenoxy) is 1. The summed E-state index contributed by atoms with van der Waals surface area (Å²) in [6.07, 6.45) is 4.03. The first-order chi connectivity index (χ1) is 12.1. The number of hydrogen-bond donors (Lipinski definition) is 0. The molecular weight excluding hydrogens is 320 g/mol. The molecule has 1 amide bonds. The zero-order valence-corrected chi connectivity index (χ0v) is 14.9. The van der Waals surface area contributed by atoms with Crippen molar-refractivity contribution in [1.29, 1.82) is 0 Å². The lowest BCUT2D eigenvalue weighted by Crippen LogP contribution is -2.37. The van der Waals surface area contributed by atoms with E-state index in [-0.39, 0.29) is 12.0 Å². The predicted molar refractivity (Wildman–Crippen MR) is 92.0 cm³/mol. The molecule has 0 N–H and O–H groups in total. The van der Waals surface area contributed by atoms with E-state index in [0.717, 1.165) is 30.5 Å². The second-order valence-electron chi connectivity index (χ2n) is 6.82. The molecule has 3 rings (SSSR count). The fraction of sp³-hybridized carbons (Fsp3) is 0.556. The molecule has 1 saturated heterocycles. The maximum Gasteiger partial charge on any atom is 0.409 e. The summed E-state index contributed by atoms with van der Waals surface area (Å²) < 4.78 is 10.2. The van der Waals surface area contributed by atoms with E-state index in [2.05, 4.69) is 29.0 Å². The minimum atomic E-state index is -0.279. The lowest BCUT2D eigenvalue weighted by molar-refractivity contribution is 0.109. The van der Waals surface area contributed by atoms with E-state index in [1.54, 1.807) is 11.1 Å². The third kappa shape index (κ3) is 4.15. The number of likely N-dealkylation sites (tertiary alicyclic amines) is 1. The summed E-state index contributed by atoms with van der Waals surface area (Å²) in [7, 11) is 1.40. The molecule has 1 aliphatic heterocycles. The molecule has 0 aromatic carbocycles. The van der Waals surface area contributed by atoms with Crippen molar-refractivity contribution in [3.8, 4) is 11.4 Å². The molecule has 0 spiro atoms. The SMILES string of the molecule is COC(=O)N1CCC(c2nc(-c3ccnc(CC(C)C)c3)no2)CC1. The molecular formula is C18H24N4O3. The number of amides is 1. The highest BCUT2D eigenvalue weighted by molar-refractivity contribution is 5.67. The van der Waals surface area contributed by atoms with Gasteiger partial charge in [0.25, 0.3) is 0 Å². The number of carbonyl (C=O) groups excluding carboxylic acids is 1.